The molecule has 3 aromatic heterocycles. The van der Waals surface area contributed by atoms with Crippen LogP contribution in [0, 0.1) is 20.8 Å². The minimum absolute atomic E-state index is 0.133. The molecule has 6 aromatic rings. The van der Waals surface area contributed by atoms with E-state index in [1.807, 2.05) is 0 Å². The number of benzene rings is 3. The molecule has 0 saturated carbocycles. The van der Waals surface area contributed by atoms with E-state index in [4.69, 9.17) is 0 Å². The van der Waals surface area contributed by atoms with Crippen molar-refractivity contribution in [1.29, 1.82) is 0 Å². The largest absolute Gasteiger partial charge is 0.345 e. The topological polar surface area (TPSA) is 14.8 Å². The molecule has 224 valence electrons. The van der Waals surface area contributed by atoms with Crippen molar-refractivity contribution >= 4 is 32.7 Å². The Morgan fingerprint density at radius 2 is 0.721 bits per heavy atom. The highest BCUT2D eigenvalue weighted by Crippen LogP contribution is 2.48. The van der Waals surface area contributed by atoms with E-state index in [-0.39, 0.29) is 5.92 Å². The predicted molar refractivity (Wildman–Crippen MR) is 186 cm³/mol. The van der Waals surface area contributed by atoms with Crippen LogP contribution in [0.5, 0.6) is 0 Å². The first-order chi connectivity index (χ1) is 21.0. The second-order valence-electron chi connectivity index (χ2n) is 12.5. The van der Waals surface area contributed by atoms with Crippen molar-refractivity contribution in [2.75, 3.05) is 0 Å². The molecule has 6 rings (SSSR count). The first kappa shape index (κ1) is 29.4. The lowest BCUT2D eigenvalue weighted by Gasteiger charge is -2.22. The van der Waals surface area contributed by atoms with Gasteiger partial charge in [-0.15, -0.1) is 0 Å². The molecule has 0 aliphatic rings. The molecule has 0 amide bonds. The molecule has 0 radical (unpaired) electrons. The van der Waals surface area contributed by atoms with E-state index < -0.39 is 0 Å². The molecule has 0 fully saturated rings. The third-order valence-corrected chi connectivity index (χ3v) is 9.91. The Labute approximate surface area is 258 Å². The fourth-order valence-corrected chi connectivity index (χ4v) is 7.71. The lowest BCUT2D eigenvalue weighted by atomic mass is 9.81. The number of fused-ring (bicyclic) bond motifs is 3. The van der Waals surface area contributed by atoms with Gasteiger partial charge in [0, 0.05) is 75.3 Å². The van der Waals surface area contributed by atoms with Gasteiger partial charge in [0.15, 0.2) is 0 Å². The number of para-hydroxylation sites is 3. The predicted octanol–water partition coefficient (Wildman–Crippen LogP) is 11.1. The van der Waals surface area contributed by atoms with Gasteiger partial charge in [0.05, 0.1) is 0 Å². The molecule has 3 aromatic carbocycles. The van der Waals surface area contributed by atoms with Gasteiger partial charge in [-0.25, -0.2) is 0 Å². The van der Waals surface area contributed by atoms with Gasteiger partial charge in [0.25, 0.3) is 0 Å². The number of aryl methyl sites for hydroxylation is 3. The van der Waals surface area contributed by atoms with Gasteiger partial charge in [0.2, 0.25) is 0 Å². The van der Waals surface area contributed by atoms with Crippen molar-refractivity contribution in [3.05, 3.63) is 107 Å². The second kappa shape index (κ2) is 12.5. The SMILES string of the molecule is CCCCn1c(C)c(C(c2c(C)n(CCCC)c3ccccc23)c2c(C)n(CCCC)c3ccccc23)c2ccccc21. The second-order valence-corrected chi connectivity index (χ2v) is 12.5. The fraction of sp³-hybridized carbons (Fsp3) is 0.400. The Balaban J connectivity index is 1.75. The van der Waals surface area contributed by atoms with Gasteiger partial charge in [-0.05, 0) is 74.9 Å². The number of rotatable bonds is 12. The summed E-state index contributed by atoms with van der Waals surface area (Å²) in [5.41, 5.74) is 12.8. The molecule has 0 atom stereocenters. The van der Waals surface area contributed by atoms with Crippen molar-refractivity contribution in [3.63, 3.8) is 0 Å². The summed E-state index contributed by atoms with van der Waals surface area (Å²) in [6.07, 6.45) is 7.15. The van der Waals surface area contributed by atoms with Crippen LogP contribution < -0.4 is 0 Å². The summed E-state index contributed by atoms with van der Waals surface area (Å²) in [6.45, 7) is 17.2. The zero-order valence-corrected chi connectivity index (χ0v) is 27.2. The van der Waals surface area contributed by atoms with Gasteiger partial charge in [-0.2, -0.15) is 0 Å². The van der Waals surface area contributed by atoms with Crippen LogP contribution in [0.4, 0.5) is 0 Å². The lowest BCUT2D eigenvalue weighted by molar-refractivity contribution is 0.627. The monoisotopic (exact) mass is 571 g/mol. The first-order valence-corrected chi connectivity index (χ1v) is 16.8. The molecule has 0 aliphatic carbocycles. The maximum Gasteiger partial charge on any atom is 0.0485 e. The number of aromatic nitrogens is 3. The number of unbranched alkanes of at least 4 members (excludes halogenated alkanes) is 3. The van der Waals surface area contributed by atoms with Crippen LogP contribution >= 0.6 is 0 Å². The minimum atomic E-state index is 0.133. The third kappa shape index (κ3) is 4.91. The maximum atomic E-state index is 2.61. The number of hydrogen-bond acceptors (Lipinski definition) is 0. The Hall–Kier alpha value is -3.72. The average Bonchev–Trinajstić information content (AvgIpc) is 3.58. The third-order valence-electron chi connectivity index (χ3n) is 9.91. The van der Waals surface area contributed by atoms with Crippen LogP contribution in [0.2, 0.25) is 0 Å². The summed E-state index contributed by atoms with van der Waals surface area (Å²) in [7, 11) is 0. The Bertz CT molecular complexity index is 1660. The minimum Gasteiger partial charge on any atom is -0.345 e. The average molecular weight is 572 g/mol. The molecule has 3 nitrogen and oxygen atoms in total. The highest BCUT2D eigenvalue weighted by molar-refractivity contribution is 5.95. The summed E-state index contributed by atoms with van der Waals surface area (Å²) in [5, 5.41) is 4.20. The van der Waals surface area contributed by atoms with E-state index in [1.54, 1.807) is 0 Å². The van der Waals surface area contributed by atoms with Crippen molar-refractivity contribution in [3.8, 4) is 0 Å². The zero-order chi connectivity index (χ0) is 30.1. The highest BCUT2D eigenvalue weighted by Gasteiger charge is 2.33. The lowest BCUT2D eigenvalue weighted by Crippen LogP contribution is -2.11. The van der Waals surface area contributed by atoms with Crippen LogP contribution in [0.1, 0.15) is 99.0 Å². The molecule has 0 saturated heterocycles. The van der Waals surface area contributed by atoms with Crippen LogP contribution in [0.15, 0.2) is 72.8 Å². The summed E-state index contributed by atoms with van der Waals surface area (Å²) in [6, 6.07) is 27.5. The zero-order valence-electron chi connectivity index (χ0n) is 27.2. The van der Waals surface area contributed by atoms with E-state index in [1.165, 1.54) is 105 Å². The molecular weight excluding hydrogens is 522 g/mol. The smallest absolute Gasteiger partial charge is 0.0485 e. The van der Waals surface area contributed by atoms with E-state index in [2.05, 4.69) is 128 Å². The molecule has 43 heavy (non-hydrogen) atoms. The molecule has 3 heterocycles. The normalized spacial score (nSPS) is 12.1. The van der Waals surface area contributed by atoms with Crippen molar-refractivity contribution < 1.29 is 0 Å². The van der Waals surface area contributed by atoms with Gasteiger partial charge >= 0.3 is 0 Å². The van der Waals surface area contributed by atoms with Crippen molar-refractivity contribution in [2.45, 2.75) is 106 Å². The standard InChI is InChI=1S/C40H49N3/c1-7-10-25-41-28(4)37(31-19-13-16-22-34(31)41)40(38-29(5)42(26-11-8-2)35-23-17-14-20-32(35)38)39-30(6)43(27-12-9-3)36-24-18-15-21-33(36)39/h13-24,40H,7-12,25-27H2,1-6H3. The Morgan fingerprint density at radius 3 is 1.00 bits per heavy atom. The van der Waals surface area contributed by atoms with Crippen LogP contribution in [0.3, 0.4) is 0 Å². The highest BCUT2D eigenvalue weighted by atomic mass is 15.0. The summed E-state index contributed by atoms with van der Waals surface area (Å²) >= 11 is 0. The van der Waals surface area contributed by atoms with Crippen LogP contribution in [-0.2, 0) is 19.6 Å². The molecule has 0 unspecified atom stereocenters. The summed E-state index contributed by atoms with van der Waals surface area (Å²) in [5.74, 6) is 0.133. The maximum absolute atomic E-state index is 2.61. The van der Waals surface area contributed by atoms with E-state index in [0.717, 1.165) is 19.6 Å². The van der Waals surface area contributed by atoms with E-state index in [0.29, 0.717) is 0 Å². The quantitative estimate of drug-likeness (QED) is 0.139. The van der Waals surface area contributed by atoms with Crippen molar-refractivity contribution in [2.24, 2.45) is 0 Å². The van der Waals surface area contributed by atoms with Gasteiger partial charge in [0.1, 0.15) is 0 Å². The fourth-order valence-electron chi connectivity index (χ4n) is 7.71. The van der Waals surface area contributed by atoms with E-state index >= 15 is 0 Å². The molecular formula is C40H49N3. The van der Waals surface area contributed by atoms with Gasteiger partial charge in [-0.3, -0.25) is 0 Å². The number of nitrogens with zero attached hydrogens (tertiary/aromatic N) is 3. The molecule has 0 aliphatic heterocycles. The first-order valence-electron chi connectivity index (χ1n) is 16.8. The van der Waals surface area contributed by atoms with E-state index in [9.17, 15) is 0 Å². The molecule has 0 spiro atoms. The van der Waals surface area contributed by atoms with Crippen molar-refractivity contribution in [1.82, 2.24) is 13.7 Å². The Morgan fingerprint density at radius 1 is 0.442 bits per heavy atom. The van der Waals surface area contributed by atoms with Crippen LogP contribution in [0.25, 0.3) is 32.7 Å². The number of hydrogen-bond donors (Lipinski definition) is 0. The van der Waals surface area contributed by atoms with Crippen LogP contribution in [-0.4, -0.2) is 13.7 Å². The molecule has 0 bridgehead atoms. The summed E-state index contributed by atoms with van der Waals surface area (Å²) in [4.78, 5) is 0. The Kier molecular flexibility index (Phi) is 8.52. The molecule has 3 heteroatoms. The summed E-state index contributed by atoms with van der Waals surface area (Å²) < 4.78 is 7.83. The van der Waals surface area contributed by atoms with Gasteiger partial charge < -0.3 is 13.7 Å². The molecule has 0 N–H and O–H groups in total. The van der Waals surface area contributed by atoms with Gasteiger partial charge in [-0.1, -0.05) is 94.6 Å².